The first-order valence-electron chi connectivity index (χ1n) is 6.01. The molecule has 0 aliphatic carbocycles. The zero-order chi connectivity index (χ0) is 15.4. The smallest absolute Gasteiger partial charge is 0.283 e. The molecule has 110 valence electrons. The third-order valence-corrected chi connectivity index (χ3v) is 3.79. The summed E-state index contributed by atoms with van der Waals surface area (Å²) in [6.45, 7) is 0.550. The van der Waals surface area contributed by atoms with Gasteiger partial charge in [-0.25, -0.2) is 0 Å². The van der Waals surface area contributed by atoms with E-state index >= 15 is 0 Å². The van der Waals surface area contributed by atoms with Crippen molar-refractivity contribution in [1.29, 1.82) is 0 Å². The Bertz CT molecular complexity index is 679. The van der Waals surface area contributed by atoms with E-state index in [1.54, 1.807) is 25.3 Å². The van der Waals surface area contributed by atoms with E-state index in [2.05, 4.69) is 21.2 Å². The normalized spacial score (nSPS) is 10.2. The maximum atomic E-state index is 10.7. The first-order valence-corrected chi connectivity index (χ1v) is 7.18. The second-order valence-electron chi connectivity index (χ2n) is 4.25. The minimum Gasteiger partial charge on any atom is -0.495 e. The molecule has 2 aromatic rings. The fourth-order valence-corrected chi connectivity index (χ4v) is 2.59. The molecule has 1 N–H and O–H groups in total. The summed E-state index contributed by atoms with van der Waals surface area (Å²) in [5.74, 6) is 0.624. The minimum absolute atomic E-state index is 0.0352. The van der Waals surface area contributed by atoms with Crippen molar-refractivity contribution < 1.29 is 9.66 Å². The number of halogens is 2. The van der Waals surface area contributed by atoms with Crippen molar-refractivity contribution >= 4 is 38.9 Å². The number of nitrogens with zero attached hydrogens (tertiary/aromatic N) is 1. The average Bonchev–Trinajstić information content (AvgIpc) is 2.45. The number of anilines is 1. The fourth-order valence-electron chi connectivity index (χ4n) is 1.79. The number of benzene rings is 2. The first-order chi connectivity index (χ1) is 10.0. The summed E-state index contributed by atoms with van der Waals surface area (Å²) in [6.07, 6.45) is 0. The molecule has 0 heterocycles. The lowest BCUT2D eigenvalue weighted by Crippen LogP contribution is -2.00. The second kappa shape index (κ2) is 6.78. The molecule has 0 atom stereocenters. The third kappa shape index (κ3) is 3.86. The molecule has 0 saturated heterocycles. The van der Waals surface area contributed by atoms with E-state index in [0.29, 0.717) is 21.8 Å². The van der Waals surface area contributed by atoms with Crippen molar-refractivity contribution in [3.8, 4) is 5.75 Å². The highest BCUT2D eigenvalue weighted by molar-refractivity contribution is 9.10. The Morgan fingerprint density at radius 1 is 1.33 bits per heavy atom. The molecule has 5 nitrogen and oxygen atoms in total. The molecule has 0 unspecified atom stereocenters. The molecule has 21 heavy (non-hydrogen) atoms. The minimum atomic E-state index is -0.433. The molecule has 0 fully saturated rings. The van der Waals surface area contributed by atoms with Crippen LogP contribution in [0.1, 0.15) is 5.56 Å². The highest BCUT2D eigenvalue weighted by atomic mass is 79.9. The molecular weight excluding hydrogens is 360 g/mol. The Balaban J connectivity index is 2.08. The first kappa shape index (κ1) is 15.6. The average molecular weight is 372 g/mol. The van der Waals surface area contributed by atoms with Crippen LogP contribution in [0.5, 0.6) is 5.75 Å². The zero-order valence-electron chi connectivity index (χ0n) is 11.1. The summed E-state index contributed by atoms with van der Waals surface area (Å²) in [4.78, 5) is 10.3. The fraction of sp³-hybridized carbons (Fsp3) is 0.143. The number of rotatable bonds is 5. The Morgan fingerprint density at radius 2 is 2.10 bits per heavy atom. The predicted molar refractivity (Wildman–Crippen MR) is 86.1 cm³/mol. The van der Waals surface area contributed by atoms with Crippen LogP contribution in [-0.4, -0.2) is 12.0 Å². The number of hydrogen-bond acceptors (Lipinski definition) is 4. The van der Waals surface area contributed by atoms with Crippen LogP contribution in [0, 0.1) is 10.1 Å². The molecule has 0 spiro atoms. The van der Waals surface area contributed by atoms with Gasteiger partial charge in [-0.1, -0.05) is 17.7 Å². The van der Waals surface area contributed by atoms with Crippen molar-refractivity contribution in [2.75, 3.05) is 12.4 Å². The number of hydrogen-bond donors (Lipinski definition) is 1. The number of nitro groups is 1. The molecule has 0 saturated carbocycles. The Hall–Kier alpha value is -1.79. The largest absolute Gasteiger partial charge is 0.495 e. The lowest BCUT2D eigenvalue weighted by molar-refractivity contribution is -0.385. The maximum Gasteiger partial charge on any atom is 0.283 e. The number of nitro benzene ring substituents is 1. The van der Waals surface area contributed by atoms with E-state index < -0.39 is 4.92 Å². The van der Waals surface area contributed by atoms with Gasteiger partial charge in [-0.2, -0.15) is 0 Å². The third-order valence-electron chi connectivity index (χ3n) is 2.86. The molecule has 0 bridgehead atoms. The van der Waals surface area contributed by atoms with Crippen LogP contribution in [0.4, 0.5) is 11.4 Å². The lowest BCUT2D eigenvalue weighted by Gasteiger charge is -2.09. The van der Waals surface area contributed by atoms with E-state index in [4.69, 9.17) is 16.3 Å². The van der Waals surface area contributed by atoms with Crippen LogP contribution < -0.4 is 10.1 Å². The molecule has 0 aliphatic heterocycles. The molecule has 2 rings (SSSR count). The van der Waals surface area contributed by atoms with Gasteiger partial charge in [0.2, 0.25) is 0 Å². The van der Waals surface area contributed by atoms with Gasteiger partial charge >= 0.3 is 0 Å². The van der Waals surface area contributed by atoms with E-state index in [0.717, 1.165) is 11.3 Å². The highest BCUT2D eigenvalue weighted by Gasteiger charge is 2.11. The Kier molecular flexibility index (Phi) is 5.03. The van der Waals surface area contributed by atoms with Gasteiger partial charge in [0, 0.05) is 18.3 Å². The van der Waals surface area contributed by atoms with Crippen molar-refractivity contribution in [1.82, 2.24) is 0 Å². The van der Waals surface area contributed by atoms with Gasteiger partial charge in [0.1, 0.15) is 5.75 Å². The van der Waals surface area contributed by atoms with Gasteiger partial charge in [-0.15, -0.1) is 0 Å². The van der Waals surface area contributed by atoms with Crippen LogP contribution in [0.3, 0.4) is 0 Å². The molecule has 7 heteroatoms. The van der Waals surface area contributed by atoms with E-state index in [9.17, 15) is 10.1 Å². The van der Waals surface area contributed by atoms with E-state index in [-0.39, 0.29) is 5.69 Å². The van der Waals surface area contributed by atoms with Crippen molar-refractivity contribution in [2.45, 2.75) is 6.54 Å². The Morgan fingerprint density at radius 3 is 2.67 bits per heavy atom. The number of ether oxygens (including phenoxy) is 1. The monoisotopic (exact) mass is 370 g/mol. The van der Waals surface area contributed by atoms with Gasteiger partial charge in [0.05, 0.1) is 21.5 Å². The van der Waals surface area contributed by atoms with E-state index in [1.165, 1.54) is 6.07 Å². The quantitative estimate of drug-likeness (QED) is 0.614. The SMILES string of the molecule is COc1ccc(CNc2ccc([N+](=O)[O-])c(Br)c2)cc1Cl. The summed E-state index contributed by atoms with van der Waals surface area (Å²) in [5.41, 5.74) is 1.79. The van der Waals surface area contributed by atoms with Gasteiger partial charge in [0.15, 0.2) is 0 Å². The molecule has 0 aliphatic rings. The van der Waals surface area contributed by atoms with Crippen molar-refractivity contribution in [3.63, 3.8) is 0 Å². The standard InChI is InChI=1S/C14H12BrClN2O3/c1-21-14-5-2-9(6-12(14)16)8-17-10-3-4-13(18(19)20)11(15)7-10/h2-7,17H,8H2,1H3. The van der Waals surface area contributed by atoms with Gasteiger partial charge in [-0.3, -0.25) is 10.1 Å². The zero-order valence-corrected chi connectivity index (χ0v) is 13.4. The van der Waals surface area contributed by atoms with Crippen LogP contribution in [0.25, 0.3) is 0 Å². The van der Waals surface area contributed by atoms with Gasteiger partial charge in [0.25, 0.3) is 5.69 Å². The highest BCUT2D eigenvalue weighted by Crippen LogP contribution is 2.28. The Labute approximate surface area is 135 Å². The molecule has 0 amide bonds. The van der Waals surface area contributed by atoms with Gasteiger partial charge in [-0.05, 0) is 45.8 Å². The summed E-state index contributed by atoms with van der Waals surface area (Å²) in [7, 11) is 1.56. The summed E-state index contributed by atoms with van der Waals surface area (Å²) in [6, 6.07) is 10.3. The summed E-state index contributed by atoms with van der Waals surface area (Å²) < 4.78 is 5.53. The van der Waals surface area contributed by atoms with Crippen LogP contribution in [0.2, 0.25) is 5.02 Å². The number of nitrogens with one attached hydrogen (secondary N) is 1. The van der Waals surface area contributed by atoms with Crippen molar-refractivity contribution in [3.05, 3.63) is 61.6 Å². The summed E-state index contributed by atoms with van der Waals surface area (Å²) >= 11 is 9.24. The summed E-state index contributed by atoms with van der Waals surface area (Å²) in [5, 5.41) is 14.5. The maximum absolute atomic E-state index is 10.7. The van der Waals surface area contributed by atoms with Crippen LogP contribution in [-0.2, 0) is 6.54 Å². The molecule has 0 radical (unpaired) electrons. The number of methoxy groups -OCH3 is 1. The lowest BCUT2D eigenvalue weighted by atomic mass is 10.2. The molecular formula is C14H12BrClN2O3. The van der Waals surface area contributed by atoms with Crippen LogP contribution >= 0.6 is 27.5 Å². The van der Waals surface area contributed by atoms with Crippen molar-refractivity contribution in [2.24, 2.45) is 0 Å². The molecule has 0 aromatic heterocycles. The second-order valence-corrected chi connectivity index (χ2v) is 5.51. The molecule has 2 aromatic carbocycles. The van der Waals surface area contributed by atoms with E-state index in [1.807, 2.05) is 12.1 Å². The predicted octanol–water partition coefficient (Wildman–Crippen LogP) is 4.63. The van der Waals surface area contributed by atoms with Gasteiger partial charge < -0.3 is 10.1 Å². The van der Waals surface area contributed by atoms with Crippen LogP contribution in [0.15, 0.2) is 40.9 Å². The topological polar surface area (TPSA) is 64.4 Å².